The molecule has 0 saturated carbocycles. The van der Waals surface area contributed by atoms with Gasteiger partial charge in [0, 0.05) is 30.6 Å². The van der Waals surface area contributed by atoms with E-state index in [4.69, 9.17) is 5.73 Å². The van der Waals surface area contributed by atoms with E-state index in [1.807, 2.05) is 26.0 Å². The Balaban J connectivity index is 3.17. The van der Waals surface area contributed by atoms with Crippen LogP contribution in [0.2, 0.25) is 0 Å². The van der Waals surface area contributed by atoms with E-state index >= 15 is 0 Å². The monoisotopic (exact) mass is 291 g/mol. The molecule has 0 fully saturated rings. The minimum Gasteiger partial charge on any atom is -0.385 e. The molecule has 1 aromatic carbocycles. The summed E-state index contributed by atoms with van der Waals surface area (Å²) in [5, 5.41) is 3.14. The second-order valence-electron chi connectivity index (χ2n) is 5.49. The first-order valence-electron chi connectivity index (χ1n) is 7.26. The molecule has 0 bridgehead atoms. The smallest absolute Gasteiger partial charge is 0.184 e. The quantitative estimate of drug-likeness (QED) is 0.453. The number of alkyl halides is 1. The first-order chi connectivity index (χ1) is 9.79. The van der Waals surface area contributed by atoms with Gasteiger partial charge in [-0.2, -0.15) is 0 Å². The van der Waals surface area contributed by atoms with Crippen molar-refractivity contribution in [3.05, 3.63) is 41.5 Å². The maximum absolute atomic E-state index is 14.3. The maximum atomic E-state index is 14.3. The van der Waals surface area contributed by atoms with Gasteiger partial charge in [0.05, 0.1) is 0 Å². The van der Waals surface area contributed by atoms with Gasteiger partial charge in [0.2, 0.25) is 0 Å². The zero-order valence-electron chi connectivity index (χ0n) is 13.5. The molecule has 1 unspecified atom stereocenters. The lowest BCUT2D eigenvalue weighted by atomic mass is 9.96. The van der Waals surface area contributed by atoms with Crippen LogP contribution in [0.3, 0.4) is 0 Å². The van der Waals surface area contributed by atoms with Gasteiger partial charge in [0.15, 0.2) is 5.79 Å². The number of allylic oxidation sites excluding steroid dienone is 1. The van der Waals surface area contributed by atoms with Crippen molar-refractivity contribution in [1.29, 1.82) is 0 Å². The highest BCUT2D eigenvalue weighted by Crippen LogP contribution is 2.29. The highest BCUT2D eigenvalue weighted by Gasteiger charge is 2.24. The number of anilines is 1. The van der Waals surface area contributed by atoms with Crippen LogP contribution in [0.25, 0.3) is 0 Å². The molecule has 21 heavy (non-hydrogen) atoms. The Morgan fingerprint density at radius 1 is 1.43 bits per heavy atom. The summed E-state index contributed by atoms with van der Waals surface area (Å²) in [5.41, 5.74) is 9.79. The summed E-state index contributed by atoms with van der Waals surface area (Å²) in [5.74, 6) is -1.89. The molecule has 1 rings (SSSR count). The number of rotatable bonds is 7. The van der Waals surface area contributed by atoms with Crippen molar-refractivity contribution in [2.75, 3.05) is 18.9 Å². The van der Waals surface area contributed by atoms with Gasteiger partial charge in [-0.05, 0) is 51.3 Å². The number of nitrogens with zero attached hydrogens (tertiary/aromatic N) is 1. The van der Waals surface area contributed by atoms with Crippen molar-refractivity contribution in [3.63, 3.8) is 0 Å². The number of nitrogens with two attached hydrogens (primary N) is 1. The van der Waals surface area contributed by atoms with Crippen LogP contribution in [-0.4, -0.2) is 19.3 Å². The molecule has 0 amide bonds. The second-order valence-corrected chi connectivity index (χ2v) is 5.49. The molecule has 3 nitrogen and oxygen atoms in total. The number of hydrogen-bond acceptors (Lipinski definition) is 3. The summed E-state index contributed by atoms with van der Waals surface area (Å²) in [6.45, 7) is 9.94. The summed E-state index contributed by atoms with van der Waals surface area (Å²) in [7, 11) is 1.75. The van der Waals surface area contributed by atoms with Crippen LogP contribution in [0.15, 0.2) is 35.3 Å². The Morgan fingerprint density at radius 2 is 2.10 bits per heavy atom. The van der Waals surface area contributed by atoms with E-state index in [1.54, 1.807) is 13.1 Å². The minimum absolute atomic E-state index is 0.457. The fourth-order valence-electron chi connectivity index (χ4n) is 2.19. The molecule has 0 aliphatic carbocycles. The van der Waals surface area contributed by atoms with Crippen LogP contribution in [0, 0.1) is 0 Å². The van der Waals surface area contributed by atoms with Crippen LogP contribution in [0.4, 0.5) is 10.1 Å². The lowest BCUT2D eigenvalue weighted by Gasteiger charge is -2.21. The molecule has 0 aromatic heterocycles. The fraction of sp³-hybridized carbons (Fsp3) is 0.471. The third kappa shape index (κ3) is 4.97. The Morgan fingerprint density at radius 3 is 2.57 bits per heavy atom. The summed E-state index contributed by atoms with van der Waals surface area (Å²) in [6.07, 6.45) is 1.66. The van der Waals surface area contributed by atoms with Gasteiger partial charge in [0.25, 0.3) is 0 Å². The van der Waals surface area contributed by atoms with Gasteiger partial charge >= 0.3 is 0 Å². The third-order valence-corrected chi connectivity index (χ3v) is 3.31. The topological polar surface area (TPSA) is 50.4 Å². The summed E-state index contributed by atoms with van der Waals surface area (Å²) in [4.78, 5) is 4.32. The second kappa shape index (κ2) is 7.36. The third-order valence-electron chi connectivity index (χ3n) is 3.31. The van der Waals surface area contributed by atoms with Crippen LogP contribution in [-0.2, 0) is 5.79 Å². The summed E-state index contributed by atoms with van der Waals surface area (Å²) >= 11 is 0. The average molecular weight is 291 g/mol. The Hall–Kier alpha value is -1.68. The molecule has 0 saturated heterocycles. The predicted octanol–water partition coefficient (Wildman–Crippen LogP) is 3.99. The molecule has 116 valence electrons. The normalized spacial score (nSPS) is 14.7. The molecular weight excluding hydrogens is 265 g/mol. The van der Waals surface area contributed by atoms with E-state index in [1.165, 1.54) is 6.92 Å². The number of hydrogen-bond donors (Lipinski definition) is 2. The lowest BCUT2D eigenvalue weighted by Crippen LogP contribution is -2.28. The number of aliphatic imine (C=N–C) groups is 1. The van der Waals surface area contributed by atoms with E-state index in [2.05, 4.69) is 16.9 Å². The number of nitrogens with one attached hydrogen (secondary N) is 1. The minimum atomic E-state index is -1.89. The van der Waals surface area contributed by atoms with Crippen LogP contribution < -0.4 is 11.1 Å². The molecule has 1 atom stereocenters. The van der Waals surface area contributed by atoms with E-state index in [0.717, 1.165) is 35.4 Å². The van der Waals surface area contributed by atoms with Crippen molar-refractivity contribution >= 4 is 11.4 Å². The zero-order valence-corrected chi connectivity index (χ0v) is 13.5. The predicted molar refractivity (Wildman–Crippen MR) is 89.8 cm³/mol. The molecular formula is C17H26FN3. The van der Waals surface area contributed by atoms with Gasteiger partial charge < -0.3 is 5.32 Å². The van der Waals surface area contributed by atoms with E-state index < -0.39 is 5.79 Å². The van der Waals surface area contributed by atoms with Gasteiger partial charge in [-0.3, -0.25) is 10.7 Å². The number of halogens is 1. The van der Waals surface area contributed by atoms with Gasteiger partial charge in [0.1, 0.15) is 0 Å². The van der Waals surface area contributed by atoms with Crippen LogP contribution >= 0.6 is 0 Å². The van der Waals surface area contributed by atoms with Gasteiger partial charge in [-0.15, -0.1) is 6.58 Å². The van der Waals surface area contributed by atoms with Crippen LogP contribution in [0.5, 0.6) is 0 Å². The fourth-order valence-corrected chi connectivity index (χ4v) is 2.19. The van der Waals surface area contributed by atoms with Crippen molar-refractivity contribution in [1.82, 2.24) is 0 Å². The van der Waals surface area contributed by atoms with Crippen molar-refractivity contribution in [2.45, 2.75) is 39.4 Å². The van der Waals surface area contributed by atoms with E-state index in [9.17, 15) is 4.39 Å². The molecule has 0 heterocycles. The summed E-state index contributed by atoms with van der Waals surface area (Å²) < 4.78 is 14.3. The molecule has 0 spiro atoms. The zero-order chi connectivity index (χ0) is 16.0. The highest BCUT2D eigenvalue weighted by molar-refractivity contribution is 6.01. The maximum Gasteiger partial charge on any atom is 0.184 e. The molecule has 0 aliphatic rings. The van der Waals surface area contributed by atoms with Crippen molar-refractivity contribution < 1.29 is 4.39 Å². The molecule has 0 aliphatic heterocycles. The number of benzene rings is 1. The van der Waals surface area contributed by atoms with Crippen LogP contribution in [0.1, 0.15) is 44.7 Å². The molecule has 4 heteroatoms. The Labute approximate surface area is 127 Å². The van der Waals surface area contributed by atoms with E-state index in [-0.39, 0.29) is 0 Å². The Kier molecular flexibility index (Phi) is 6.09. The molecule has 0 radical (unpaired) electrons. The Bertz CT molecular complexity index is 527. The summed E-state index contributed by atoms with van der Waals surface area (Å²) in [6, 6.07) is 5.61. The molecule has 3 N–H and O–H groups in total. The SMILES string of the molecule is C=C(C)CCC(=NC)c1ccc(NCC)c(C(C)(N)F)c1. The lowest BCUT2D eigenvalue weighted by molar-refractivity contribution is 0.204. The highest BCUT2D eigenvalue weighted by atomic mass is 19.1. The molecule has 1 aromatic rings. The largest absolute Gasteiger partial charge is 0.385 e. The average Bonchev–Trinajstić information content (AvgIpc) is 2.39. The standard InChI is InChI=1S/C17H26FN3/c1-6-21-16-10-8-13(11-14(16)17(4,18)19)15(20-5)9-7-12(2)3/h8,10-11,21H,2,6-7,9,19H2,1,3-5H3. The first-order valence-corrected chi connectivity index (χ1v) is 7.26. The van der Waals surface area contributed by atoms with Crippen molar-refractivity contribution in [2.24, 2.45) is 10.7 Å². The van der Waals surface area contributed by atoms with Gasteiger partial charge in [-0.25, -0.2) is 4.39 Å². The van der Waals surface area contributed by atoms with E-state index in [0.29, 0.717) is 12.1 Å². The first kappa shape index (κ1) is 17.4. The van der Waals surface area contributed by atoms with Gasteiger partial charge in [-0.1, -0.05) is 11.6 Å². The van der Waals surface area contributed by atoms with Crippen molar-refractivity contribution in [3.8, 4) is 0 Å².